The smallest absolute Gasteiger partial charge is 0.351 e. The molecule has 0 aliphatic rings. The topological polar surface area (TPSA) is 70.2 Å². The quantitative estimate of drug-likeness (QED) is 0.737. The Kier molecular flexibility index (Phi) is 6.51. The lowest BCUT2D eigenvalue weighted by Gasteiger charge is -2.11. The monoisotopic (exact) mass is 367 g/mol. The average molecular weight is 367 g/mol. The minimum Gasteiger partial charge on any atom is -0.351 e. The van der Waals surface area contributed by atoms with Gasteiger partial charge in [-0.2, -0.15) is 13.2 Å². The number of anilines is 2. The average Bonchev–Trinajstić information content (AvgIpc) is 2.58. The van der Waals surface area contributed by atoms with Gasteiger partial charge in [-0.15, -0.1) is 0 Å². The fourth-order valence-electron chi connectivity index (χ4n) is 2.12. The minimum absolute atomic E-state index is 0.143. The fourth-order valence-corrected chi connectivity index (χ4v) is 2.12. The highest BCUT2D eigenvalue weighted by Gasteiger charge is 2.30. The molecule has 1 amide bonds. The third-order valence-corrected chi connectivity index (χ3v) is 3.41. The summed E-state index contributed by atoms with van der Waals surface area (Å²) >= 11 is 0. The summed E-state index contributed by atoms with van der Waals surface area (Å²) in [5.74, 6) is -0.102. The predicted molar refractivity (Wildman–Crippen MR) is 92.3 cm³/mol. The van der Waals surface area contributed by atoms with Crippen molar-refractivity contribution in [3.8, 4) is 0 Å². The SMILES string of the molecule is CN(C)CCCNC(=O)c1cnc(Nc2cccc(C(F)(F)F)c2)cn1. The van der Waals surface area contributed by atoms with E-state index < -0.39 is 11.7 Å². The second-order valence-electron chi connectivity index (χ2n) is 5.90. The summed E-state index contributed by atoms with van der Waals surface area (Å²) in [6, 6.07) is 4.75. The number of amides is 1. The summed E-state index contributed by atoms with van der Waals surface area (Å²) in [6.07, 6.45) is -1.04. The third-order valence-electron chi connectivity index (χ3n) is 3.41. The summed E-state index contributed by atoms with van der Waals surface area (Å²) in [7, 11) is 3.90. The van der Waals surface area contributed by atoms with Crippen molar-refractivity contribution in [2.45, 2.75) is 12.6 Å². The number of aromatic nitrogens is 2. The van der Waals surface area contributed by atoms with Gasteiger partial charge in [-0.05, 0) is 45.3 Å². The van der Waals surface area contributed by atoms with Gasteiger partial charge in [-0.1, -0.05) is 6.07 Å². The number of nitrogens with one attached hydrogen (secondary N) is 2. The molecule has 0 saturated heterocycles. The number of carbonyl (C=O) groups is 1. The van der Waals surface area contributed by atoms with E-state index in [9.17, 15) is 18.0 Å². The van der Waals surface area contributed by atoms with Gasteiger partial charge in [0.05, 0.1) is 18.0 Å². The van der Waals surface area contributed by atoms with Gasteiger partial charge >= 0.3 is 6.18 Å². The first-order valence-electron chi connectivity index (χ1n) is 7.95. The first kappa shape index (κ1) is 19.6. The summed E-state index contributed by atoms with van der Waals surface area (Å²) in [4.78, 5) is 22.0. The summed E-state index contributed by atoms with van der Waals surface area (Å²) in [5.41, 5.74) is -0.386. The highest BCUT2D eigenvalue weighted by atomic mass is 19.4. The fraction of sp³-hybridized carbons (Fsp3) is 0.353. The van der Waals surface area contributed by atoms with Crippen LogP contribution < -0.4 is 10.6 Å². The maximum absolute atomic E-state index is 12.7. The predicted octanol–water partition coefficient (Wildman–Crippen LogP) is 2.92. The van der Waals surface area contributed by atoms with Gasteiger partial charge in [0, 0.05) is 12.2 Å². The molecule has 0 radical (unpaired) electrons. The Morgan fingerprint density at radius 2 is 1.96 bits per heavy atom. The number of nitrogens with zero attached hydrogens (tertiary/aromatic N) is 3. The molecular weight excluding hydrogens is 347 g/mol. The van der Waals surface area contributed by atoms with E-state index in [1.807, 2.05) is 19.0 Å². The highest BCUT2D eigenvalue weighted by Crippen LogP contribution is 2.31. The van der Waals surface area contributed by atoms with Gasteiger partial charge in [-0.25, -0.2) is 9.97 Å². The van der Waals surface area contributed by atoms with E-state index in [1.54, 1.807) is 0 Å². The molecule has 2 N–H and O–H groups in total. The molecule has 0 aliphatic heterocycles. The molecule has 26 heavy (non-hydrogen) atoms. The number of carbonyl (C=O) groups excluding carboxylic acids is 1. The van der Waals surface area contributed by atoms with Crippen LogP contribution in [0.25, 0.3) is 0 Å². The third kappa shape index (κ3) is 5.99. The van der Waals surface area contributed by atoms with Gasteiger partial charge in [0.25, 0.3) is 5.91 Å². The molecule has 0 spiro atoms. The van der Waals surface area contributed by atoms with Crippen molar-refractivity contribution < 1.29 is 18.0 Å². The number of hydrogen-bond donors (Lipinski definition) is 2. The molecule has 0 atom stereocenters. The van der Waals surface area contributed by atoms with Crippen LogP contribution in [0.4, 0.5) is 24.7 Å². The number of benzene rings is 1. The van der Waals surface area contributed by atoms with Crippen LogP contribution in [0.5, 0.6) is 0 Å². The van der Waals surface area contributed by atoms with Crippen molar-refractivity contribution in [3.05, 3.63) is 47.9 Å². The zero-order chi connectivity index (χ0) is 19.2. The van der Waals surface area contributed by atoms with Gasteiger partial charge in [0.2, 0.25) is 0 Å². The van der Waals surface area contributed by atoms with Crippen molar-refractivity contribution in [1.29, 1.82) is 0 Å². The Hall–Kier alpha value is -2.68. The highest BCUT2D eigenvalue weighted by molar-refractivity contribution is 5.92. The summed E-state index contributed by atoms with van der Waals surface area (Å²) in [6.45, 7) is 1.37. The van der Waals surface area contributed by atoms with Crippen LogP contribution in [0, 0.1) is 0 Å². The van der Waals surface area contributed by atoms with Crippen LogP contribution in [-0.4, -0.2) is 48.0 Å². The molecule has 1 aromatic heterocycles. The molecule has 1 aromatic carbocycles. The number of halogens is 3. The van der Waals surface area contributed by atoms with Crippen molar-refractivity contribution in [2.24, 2.45) is 0 Å². The van der Waals surface area contributed by atoms with Gasteiger partial charge in [0.15, 0.2) is 0 Å². The number of alkyl halides is 3. The van der Waals surface area contributed by atoms with E-state index in [0.717, 1.165) is 25.1 Å². The van der Waals surface area contributed by atoms with Gasteiger partial charge in [-0.3, -0.25) is 4.79 Å². The first-order valence-corrected chi connectivity index (χ1v) is 7.95. The lowest BCUT2D eigenvalue weighted by atomic mass is 10.2. The van der Waals surface area contributed by atoms with Crippen LogP contribution in [0.3, 0.4) is 0 Å². The number of hydrogen-bond acceptors (Lipinski definition) is 5. The van der Waals surface area contributed by atoms with E-state index in [4.69, 9.17) is 0 Å². The van der Waals surface area contributed by atoms with Crippen LogP contribution in [-0.2, 0) is 6.18 Å². The largest absolute Gasteiger partial charge is 0.416 e. The van der Waals surface area contributed by atoms with Gasteiger partial charge in [0.1, 0.15) is 11.5 Å². The second-order valence-corrected chi connectivity index (χ2v) is 5.90. The molecule has 140 valence electrons. The molecule has 0 aliphatic carbocycles. The Bertz CT molecular complexity index is 732. The van der Waals surface area contributed by atoms with E-state index in [2.05, 4.69) is 20.6 Å². The van der Waals surface area contributed by atoms with Crippen molar-refractivity contribution in [1.82, 2.24) is 20.2 Å². The number of rotatable bonds is 7. The minimum atomic E-state index is -4.42. The molecule has 1 heterocycles. The maximum Gasteiger partial charge on any atom is 0.416 e. The van der Waals surface area contributed by atoms with Gasteiger partial charge < -0.3 is 15.5 Å². The molecule has 2 aromatic rings. The van der Waals surface area contributed by atoms with Crippen molar-refractivity contribution in [3.63, 3.8) is 0 Å². The molecule has 0 saturated carbocycles. The second kappa shape index (κ2) is 8.61. The lowest BCUT2D eigenvalue weighted by molar-refractivity contribution is -0.137. The van der Waals surface area contributed by atoms with E-state index in [1.165, 1.54) is 24.5 Å². The molecule has 0 unspecified atom stereocenters. The summed E-state index contributed by atoms with van der Waals surface area (Å²) < 4.78 is 38.2. The van der Waals surface area contributed by atoms with E-state index >= 15 is 0 Å². The maximum atomic E-state index is 12.7. The summed E-state index contributed by atoms with van der Waals surface area (Å²) in [5, 5.41) is 5.47. The zero-order valence-corrected chi connectivity index (χ0v) is 14.5. The lowest BCUT2D eigenvalue weighted by Crippen LogP contribution is -2.27. The van der Waals surface area contributed by atoms with Crippen LogP contribution in [0.1, 0.15) is 22.5 Å². The standard InChI is InChI=1S/C17H20F3N5O/c1-25(2)8-4-7-21-16(26)14-10-23-15(11-22-14)24-13-6-3-5-12(9-13)17(18,19)20/h3,5-6,9-11H,4,7-8H2,1-2H3,(H,21,26)(H,23,24). The normalized spacial score (nSPS) is 11.5. The Balaban J connectivity index is 1.94. The Morgan fingerprint density at radius 1 is 1.19 bits per heavy atom. The van der Waals surface area contributed by atoms with Crippen LogP contribution in [0.15, 0.2) is 36.7 Å². The Morgan fingerprint density at radius 3 is 2.58 bits per heavy atom. The van der Waals surface area contributed by atoms with Crippen LogP contribution >= 0.6 is 0 Å². The Labute approximate surface area is 149 Å². The molecule has 0 fully saturated rings. The molecule has 0 bridgehead atoms. The molecule has 6 nitrogen and oxygen atoms in total. The molecule has 9 heteroatoms. The van der Waals surface area contributed by atoms with E-state index in [-0.39, 0.29) is 23.1 Å². The van der Waals surface area contributed by atoms with Crippen molar-refractivity contribution in [2.75, 3.05) is 32.5 Å². The zero-order valence-electron chi connectivity index (χ0n) is 14.5. The molecular formula is C17H20F3N5O. The molecule has 2 rings (SSSR count). The van der Waals surface area contributed by atoms with E-state index in [0.29, 0.717) is 6.54 Å². The van der Waals surface area contributed by atoms with Crippen LogP contribution in [0.2, 0.25) is 0 Å². The first-order chi connectivity index (χ1) is 12.3. The van der Waals surface area contributed by atoms with Crippen molar-refractivity contribution >= 4 is 17.4 Å².